The molecule has 2 radical (unpaired) electrons. The zero-order valence-corrected chi connectivity index (χ0v) is 8.41. The Morgan fingerprint density at radius 2 is 1.60 bits per heavy atom. The van der Waals surface area contributed by atoms with Crippen LogP contribution in [0, 0.1) is 0 Å². The van der Waals surface area contributed by atoms with Gasteiger partial charge in [-0.15, -0.1) is 12.4 Å². The van der Waals surface area contributed by atoms with E-state index in [2.05, 4.69) is 0 Å². The van der Waals surface area contributed by atoms with Gasteiger partial charge in [-0.3, -0.25) is 4.79 Å². The van der Waals surface area contributed by atoms with E-state index in [0.717, 1.165) is 0 Å². The van der Waals surface area contributed by atoms with Gasteiger partial charge in [-0.05, 0) is 13.8 Å². The normalized spacial score (nSPS) is 8.00. The van der Waals surface area contributed by atoms with Crippen LogP contribution in [0.25, 0.3) is 0 Å². The minimum Gasteiger partial charge on any atom is -0.512 e. The summed E-state index contributed by atoms with van der Waals surface area (Å²) in [6.45, 7) is 2.85. The van der Waals surface area contributed by atoms with E-state index in [9.17, 15) is 4.79 Å². The summed E-state index contributed by atoms with van der Waals surface area (Å²) in [5.74, 6) is -0.0625. The van der Waals surface area contributed by atoms with Gasteiger partial charge in [0.25, 0.3) is 0 Å². The molecule has 0 saturated heterocycles. The van der Waals surface area contributed by atoms with Gasteiger partial charge >= 0.3 is 0 Å². The fourth-order valence-corrected chi connectivity index (χ4v) is 0.294. The number of allylic oxidation sites excluding steroid dienone is 2. The van der Waals surface area contributed by atoms with Crippen LogP contribution < -0.4 is 0 Å². The Morgan fingerprint density at radius 1 is 1.30 bits per heavy atom. The van der Waals surface area contributed by atoms with E-state index in [1.165, 1.54) is 19.9 Å². The van der Waals surface area contributed by atoms with E-state index in [4.69, 9.17) is 5.11 Å². The van der Waals surface area contributed by atoms with Gasteiger partial charge in [0.1, 0.15) is 0 Å². The average molecular weight is 254 g/mol. The van der Waals surface area contributed by atoms with E-state index in [0.29, 0.717) is 0 Å². The third-order valence-electron chi connectivity index (χ3n) is 0.412. The third kappa shape index (κ3) is 23.6. The first-order valence-electron chi connectivity index (χ1n) is 2.01. The first-order valence-corrected chi connectivity index (χ1v) is 2.01. The Balaban J connectivity index is -0.0000000600. The Labute approximate surface area is 87.3 Å². The van der Waals surface area contributed by atoms with Crippen molar-refractivity contribution in [3.8, 4) is 0 Å². The van der Waals surface area contributed by atoms with Crippen LogP contribution in [-0.4, -0.2) is 10.9 Å². The van der Waals surface area contributed by atoms with Crippen LogP contribution in [0.2, 0.25) is 0 Å². The zero-order valence-electron chi connectivity index (χ0n) is 5.51. The SMILES string of the molecule is CC(=O)/C=C(/C)O.Cl.[Co].[Co]. The fraction of sp³-hybridized carbons (Fsp3) is 0.400. The summed E-state index contributed by atoms with van der Waals surface area (Å²) in [7, 11) is 0. The predicted octanol–water partition coefficient (Wildman–Crippen LogP) is 1.45. The second-order valence-corrected chi connectivity index (χ2v) is 1.40. The molecule has 66 valence electrons. The van der Waals surface area contributed by atoms with Crippen LogP contribution in [-0.2, 0) is 38.4 Å². The molecule has 1 N–H and O–H groups in total. The number of rotatable bonds is 1. The van der Waals surface area contributed by atoms with Crippen molar-refractivity contribution < 1.29 is 43.5 Å². The second-order valence-electron chi connectivity index (χ2n) is 1.40. The molecular formula is C5H9ClCo2O2. The molecule has 0 bridgehead atoms. The molecule has 0 aromatic heterocycles. The number of carbonyl (C=O) groups is 1. The topological polar surface area (TPSA) is 37.3 Å². The Kier molecular flexibility index (Phi) is 27.4. The molecule has 0 aromatic rings. The van der Waals surface area contributed by atoms with Gasteiger partial charge in [-0.1, -0.05) is 0 Å². The maximum absolute atomic E-state index is 10.0. The molecule has 0 aliphatic heterocycles. The summed E-state index contributed by atoms with van der Waals surface area (Å²) in [5.41, 5.74) is 0. The number of aliphatic hydroxyl groups is 1. The van der Waals surface area contributed by atoms with Crippen molar-refractivity contribution in [1.29, 1.82) is 0 Å². The van der Waals surface area contributed by atoms with Gasteiger partial charge in [0.15, 0.2) is 5.78 Å². The van der Waals surface area contributed by atoms with Crippen molar-refractivity contribution in [1.82, 2.24) is 0 Å². The van der Waals surface area contributed by atoms with Gasteiger partial charge in [-0.2, -0.15) is 0 Å². The van der Waals surface area contributed by atoms with Gasteiger partial charge in [0.05, 0.1) is 5.76 Å². The molecule has 2 nitrogen and oxygen atoms in total. The summed E-state index contributed by atoms with van der Waals surface area (Å²) in [4.78, 5) is 10.0. The van der Waals surface area contributed by atoms with Gasteiger partial charge < -0.3 is 5.11 Å². The van der Waals surface area contributed by atoms with Crippen molar-refractivity contribution >= 4 is 18.2 Å². The molecule has 5 heteroatoms. The summed E-state index contributed by atoms with van der Waals surface area (Å²) < 4.78 is 0. The second kappa shape index (κ2) is 12.2. The minimum atomic E-state index is -0.125. The van der Waals surface area contributed by atoms with Gasteiger partial charge in [0.2, 0.25) is 0 Å². The predicted molar refractivity (Wildman–Crippen MR) is 34.3 cm³/mol. The first-order chi connectivity index (χ1) is 3.13. The van der Waals surface area contributed by atoms with Gasteiger partial charge in [-0.25, -0.2) is 0 Å². The van der Waals surface area contributed by atoms with Crippen LogP contribution in [0.5, 0.6) is 0 Å². The van der Waals surface area contributed by atoms with E-state index < -0.39 is 0 Å². The Bertz CT molecular complexity index is 110. The summed E-state index contributed by atoms with van der Waals surface area (Å²) in [6.07, 6.45) is 1.17. The van der Waals surface area contributed by atoms with E-state index in [-0.39, 0.29) is 57.5 Å². The monoisotopic (exact) mass is 254 g/mol. The minimum absolute atomic E-state index is 0. The molecule has 0 amide bonds. The largest absolute Gasteiger partial charge is 0.512 e. The first kappa shape index (κ1) is 22.4. The maximum atomic E-state index is 10.0. The smallest absolute Gasteiger partial charge is 0.155 e. The number of carbonyl (C=O) groups excluding carboxylic acids is 1. The third-order valence-corrected chi connectivity index (χ3v) is 0.412. The van der Waals surface area contributed by atoms with Crippen molar-refractivity contribution in [2.45, 2.75) is 13.8 Å². The molecule has 0 aromatic carbocycles. The number of hydrogen-bond donors (Lipinski definition) is 1. The quantitative estimate of drug-likeness (QED) is 0.568. The van der Waals surface area contributed by atoms with E-state index >= 15 is 0 Å². The van der Waals surface area contributed by atoms with Crippen LogP contribution in [0.15, 0.2) is 11.8 Å². The summed E-state index contributed by atoms with van der Waals surface area (Å²) in [6, 6.07) is 0. The molecular weight excluding hydrogens is 245 g/mol. The average Bonchev–Trinajstić information content (AvgIpc) is 1.27. The van der Waals surface area contributed by atoms with Crippen LogP contribution in [0.4, 0.5) is 0 Å². The van der Waals surface area contributed by atoms with Crippen molar-refractivity contribution in [2.75, 3.05) is 0 Å². The number of aliphatic hydroxyl groups excluding tert-OH is 1. The number of hydrogen-bond acceptors (Lipinski definition) is 2. The van der Waals surface area contributed by atoms with Gasteiger partial charge in [0, 0.05) is 39.6 Å². The summed E-state index contributed by atoms with van der Waals surface area (Å²) in [5, 5.41) is 8.36. The van der Waals surface area contributed by atoms with Crippen molar-refractivity contribution in [3.63, 3.8) is 0 Å². The van der Waals surface area contributed by atoms with E-state index in [1.807, 2.05) is 0 Å². The van der Waals surface area contributed by atoms with E-state index in [1.54, 1.807) is 0 Å². The summed E-state index contributed by atoms with van der Waals surface area (Å²) >= 11 is 0. The molecule has 0 aliphatic rings. The van der Waals surface area contributed by atoms with Crippen LogP contribution >= 0.6 is 12.4 Å². The molecule has 0 fully saturated rings. The molecule has 0 atom stereocenters. The molecule has 0 aliphatic carbocycles. The zero-order chi connectivity index (χ0) is 5.86. The molecule has 0 saturated carbocycles. The number of halogens is 1. The Hall–Kier alpha value is 0.513. The molecule has 0 heterocycles. The standard InChI is InChI=1S/C5H8O2.ClH.2Co/c1-4(6)3-5(2)7;;;/h3,6H,1-2H3;1H;;/b4-3-;;;. The van der Waals surface area contributed by atoms with Crippen molar-refractivity contribution in [2.24, 2.45) is 0 Å². The molecule has 0 rings (SSSR count). The fourth-order valence-electron chi connectivity index (χ4n) is 0.294. The van der Waals surface area contributed by atoms with Crippen molar-refractivity contribution in [3.05, 3.63) is 11.8 Å². The Morgan fingerprint density at radius 3 is 1.60 bits per heavy atom. The van der Waals surface area contributed by atoms with Crippen LogP contribution in [0.3, 0.4) is 0 Å². The van der Waals surface area contributed by atoms with Crippen LogP contribution in [0.1, 0.15) is 13.8 Å². The molecule has 10 heavy (non-hydrogen) atoms. The number of ketones is 1. The molecule has 0 unspecified atom stereocenters. The maximum Gasteiger partial charge on any atom is 0.155 e. The molecule has 0 spiro atoms.